The minimum Gasteiger partial charge on any atom is -0.349 e. The molecule has 1 aromatic heterocycles. The first-order chi connectivity index (χ1) is 15.6. The Morgan fingerprint density at radius 2 is 1.70 bits per heavy atom. The van der Waals surface area contributed by atoms with Gasteiger partial charge in [-0.3, -0.25) is 9.78 Å². The third-order valence-corrected chi connectivity index (χ3v) is 7.90. The van der Waals surface area contributed by atoms with Crippen LogP contribution in [0.3, 0.4) is 0 Å². The number of rotatable bonds is 8. The van der Waals surface area contributed by atoms with Crippen molar-refractivity contribution < 1.29 is 13.2 Å². The van der Waals surface area contributed by atoms with Crippen molar-refractivity contribution in [1.82, 2.24) is 14.6 Å². The van der Waals surface area contributed by atoms with Crippen LogP contribution < -0.4 is 5.32 Å². The summed E-state index contributed by atoms with van der Waals surface area (Å²) in [5, 5.41) is 3.43. The average Bonchev–Trinajstić information content (AvgIpc) is 2.74. The number of carbonyl (C=O) groups is 1. The molecule has 1 N–H and O–H groups in total. The van der Waals surface area contributed by atoms with Crippen molar-refractivity contribution in [3.8, 4) is 0 Å². The highest BCUT2D eigenvalue weighted by Gasteiger charge is 2.30. The van der Waals surface area contributed by atoms with Crippen molar-refractivity contribution in [2.24, 2.45) is 0 Å². The van der Waals surface area contributed by atoms with E-state index in [1.165, 1.54) is 0 Å². The van der Waals surface area contributed by atoms with Crippen LogP contribution in [-0.4, -0.2) is 30.2 Å². The van der Waals surface area contributed by atoms with Crippen LogP contribution in [0.5, 0.6) is 0 Å². The summed E-state index contributed by atoms with van der Waals surface area (Å²) < 4.78 is 28.6. The molecular weight excluding hydrogens is 481 g/mol. The summed E-state index contributed by atoms with van der Waals surface area (Å²) in [4.78, 5) is 17.1. The van der Waals surface area contributed by atoms with Crippen molar-refractivity contribution in [2.75, 3.05) is 6.54 Å². The van der Waals surface area contributed by atoms with E-state index in [1.807, 2.05) is 25.1 Å². The fourth-order valence-corrected chi connectivity index (χ4v) is 5.79. The number of aromatic nitrogens is 1. The first kappa shape index (κ1) is 25.2. The Bertz CT molecular complexity index is 1240. The van der Waals surface area contributed by atoms with Crippen LogP contribution in [0.2, 0.25) is 10.0 Å². The monoisotopic (exact) mass is 505 g/mol. The fourth-order valence-electron chi connectivity index (χ4n) is 3.68. The van der Waals surface area contributed by atoms with Gasteiger partial charge in [0.2, 0.25) is 15.9 Å². The Morgan fingerprint density at radius 3 is 2.30 bits per heavy atom. The molecule has 33 heavy (non-hydrogen) atoms. The number of hydrogen-bond acceptors (Lipinski definition) is 4. The number of halogens is 2. The summed E-state index contributed by atoms with van der Waals surface area (Å²) in [5.41, 5.74) is 3.51. The maximum Gasteiger partial charge on any atom is 0.244 e. The first-order valence-electron chi connectivity index (χ1n) is 10.3. The number of carbonyl (C=O) groups excluding carboxylic acids is 1. The minimum absolute atomic E-state index is 0.0387. The van der Waals surface area contributed by atoms with Crippen molar-refractivity contribution in [1.29, 1.82) is 0 Å². The maximum atomic E-state index is 13.7. The van der Waals surface area contributed by atoms with E-state index >= 15 is 0 Å². The third-order valence-electron chi connectivity index (χ3n) is 5.06. The minimum atomic E-state index is -4.00. The van der Waals surface area contributed by atoms with Crippen molar-refractivity contribution >= 4 is 39.1 Å². The van der Waals surface area contributed by atoms with Gasteiger partial charge in [0.1, 0.15) is 0 Å². The Kier molecular flexibility index (Phi) is 8.13. The molecule has 0 atom stereocenters. The summed E-state index contributed by atoms with van der Waals surface area (Å²) in [7, 11) is -4.00. The van der Waals surface area contributed by atoms with Crippen LogP contribution in [-0.2, 0) is 27.9 Å². The van der Waals surface area contributed by atoms with Gasteiger partial charge in [0.25, 0.3) is 0 Å². The number of sulfonamides is 1. The summed E-state index contributed by atoms with van der Waals surface area (Å²) >= 11 is 12.1. The van der Waals surface area contributed by atoms with Gasteiger partial charge < -0.3 is 5.32 Å². The Hall–Kier alpha value is -2.45. The van der Waals surface area contributed by atoms with Crippen molar-refractivity contribution in [2.45, 2.75) is 38.8 Å². The van der Waals surface area contributed by atoms with Gasteiger partial charge in [0, 0.05) is 12.7 Å². The third kappa shape index (κ3) is 6.32. The maximum absolute atomic E-state index is 13.7. The molecule has 174 valence electrons. The SMILES string of the molecule is Cc1cc(C)c(S(=O)(=O)N(CC(=O)NCc2ccccn2)Cc2ccc(Cl)c(Cl)c2)c(C)c1. The number of nitrogens with one attached hydrogen (secondary N) is 1. The van der Waals surface area contributed by atoms with Crippen LogP contribution in [0, 0.1) is 20.8 Å². The quantitative estimate of drug-likeness (QED) is 0.475. The molecule has 1 amide bonds. The van der Waals surface area contributed by atoms with E-state index in [4.69, 9.17) is 23.2 Å². The lowest BCUT2D eigenvalue weighted by atomic mass is 10.1. The van der Waals surface area contributed by atoms with Gasteiger partial charge in [-0.2, -0.15) is 4.31 Å². The molecule has 0 bridgehead atoms. The second-order valence-electron chi connectivity index (χ2n) is 7.85. The van der Waals surface area contributed by atoms with Gasteiger partial charge in [-0.15, -0.1) is 0 Å². The van der Waals surface area contributed by atoms with E-state index in [1.54, 1.807) is 50.4 Å². The highest BCUT2D eigenvalue weighted by Crippen LogP contribution is 2.28. The topological polar surface area (TPSA) is 79.4 Å². The molecular formula is C24H25Cl2N3O3S. The Morgan fingerprint density at radius 1 is 1.00 bits per heavy atom. The van der Waals surface area contributed by atoms with Gasteiger partial charge in [0.05, 0.1) is 33.7 Å². The predicted octanol–water partition coefficient (Wildman–Crippen LogP) is 4.82. The van der Waals surface area contributed by atoms with E-state index in [-0.39, 0.29) is 24.5 Å². The van der Waals surface area contributed by atoms with Crippen LogP contribution >= 0.6 is 23.2 Å². The number of nitrogens with zero attached hydrogens (tertiary/aromatic N) is 2. The van der Waals surface area contributed by atoms with Gasteiger partial charge in [-0.05, 0) is 61.7 Å². The number of aryl methyl sites for hydroxylation is 3. The van der Waals surface area contributed by atoms with E-state index < -0.39 is 15.9 Å². The molecule has 0 radical (unpaired) electrons. The van der Waals surface area contributed by atoms with E-state index in [2.05, 4.69) is 10.3 Å². The van der Waals surface area contributed by atoms with Gasteiger partial charge in [-0.1, -0.05) is 53.0 Å². The highest BCUT2D eigenvalue weighted by atomic mass is 35.5. The van der Waals surface area contributed by atoms with Crippen LogP contribution in [0.1, 0.15) is 27.9 Å². The molecule has 0 saturated heterocycles. The molecule has 0 unspecified atom stereocenters. The lowest BCUT2D eigenvalue weighted by molar-refractivity contribution is -0.121. The molecule has 2 aromatic carbocycles. The number of amides is 1. The Balaban J connectivity index is 1.92. The normalized spacial score (nSPS) is 11.6. The predicted molar refractivity (Wildman–Crippen MR) is 131 cm³/mol. The first-order valence-corrected chi connectivity index (χ1v) is 12.5. The van der Waals surface area contributed by atoms with E-state index in [0.29, 0.717) is 32.4 Å². The summed E-state index contributed by atoms with van der Waals surface area (Å²) in [6.07, 6.45) is 1.63. The number of hydrogen-bond donors (Lipinski definition) is 1. The highest BCUT2D eigenvalue weighted by molar-refractivity contribution is 7.89. The van der Waals surface area contributed by atoms with E-state index in [0.717, 1.165) is 9.87 Å². The van der Waals surface area contributed by atoms with Gasteiger partial charge in [0.15, 0.2) is 0 Å². The summed E-state index contributed by atoms with van der Waals surface area (Å²) in [6, 6.07) is 13.9. The summed E-state index contributed by atoms with van der Waals surface area (Å²) in [6.45, 7) is 5.22. The largest absolute Gasteiger partial charge is 0.349 e. The summed E-state index contributed by atoms with van der Waals surface area (Å²) in [5.74, 6) is -0.438. The lowest BCUT2D eigenvalue weighted by Crippen LogP contribution is -2.40. The standard InChI is InChI=1S/C24H25Cl2N3O3S/c1-16-10-17(2)24(18(3)11-16)33(31,32)29(14-19-7-8-21(25)22(26)12-19)15-23(30)28-13-20-6-4-5-9-27-20/h4-12H,13-15H2,1-3H3,(H,28,30). The molecule has 0 saturated carbocycles. The van der Waals surface area contributed by atoms with Gasteiger partial charge >= 0.3 is 0 Å². The molecule has 3 rings (SSSR count). The molecule has 3 aromatic rings. The zero-order valence-corrected chi connectivity index (χ0v) is 20.9. The Labute approximate surface area is 204 Å². The molecule has 0 fully saturated rings. The fraction of sp³-hybridized carbons (Fsp3) is 0.250. The molecule has 0 aliphatic carbocycles. The molecule has 1 heterocycles. The van der Waals surface area contributed by atoms with E-state index in [9.17, 15) is 13.2 Å². The molecule has 9 heteroatoms. The van der Waals surface area contributed by atoms with Crippen LogP contribution in [0.4, 0.5) is 0 Å². The van der Waals surface area contributed by atoms with Crippen molar-refractivity contribution in [3.05, 3.63) is 92.7 Å². The lowest BCUT2D eigenvalue weighted by Gasteiger charge is -2.24. The van der Waals surface area contributed by atoms with Crippen molar-refractivity contribution in [3.63, 3.8) is 0 Å². The zero-order chi connectivity index (χ0) is 24.2. The second-order valence-corrected chi connectivity index (χ2v) is 10.5. The van der Waals surface area contributed by atoms with Gasteiger partial charge in [-0.25, -0.2) is 8.42 Å². The molecule has 6 nitrogen and oxygen atoms in total. The smallest absolute Gasteiger partial charge is 0.244 e. The van der Waals surface area contributed by atoms with Crippen LogP contribution in [0.25, 0.3) is 0 Å². The molecule has 0 spiro atoms. The average molecular weight is 506 g/mol. The number of benzene rings is 2. The molecule has 0 aliphatic rings. The van der Waals surface area contributed by atoms with Crippen LogP contribution in [0.15, 0.2) is 59.6 Å². The second kappa shape index (κ2) is 10.7. The zero-order valence-electron chi connectivity index (χ0n) is 18.6. The molecule has 0 aliphatic heterocycles. The number of pyridine rings is 1.